The molecule has 124 valence electrons. The maximum absolute atomic E-state index is 13.7. The highest BCUT2D eigenvalue weighted by Crippen LogP contribution is 2.15. The van der Waals surface area contributed by atoms with E-state index < -0.39 is 17.5 Å². The lowest BCUT2D eigenvalue weighted by molar-refractivity contribution is 0.0532. The van der Waals surface area contributed by atoms with Gasteiger partial charge in [-0.2, -0.15) is 0 Å². The molecule has 1 aromatic heterocycles. The van der Waals surface area contributed by atoms with Gasteiger partial charge >= 0.3 is 0 Å². The first-order valence-electron chi connectivity index (χ1n) is 7.50. The number of amides is 2. The molecule has 2 aromatic rings. The van der Waals surface area contributed by atoms with E-state index in [0.717, 1.165) is 12.1 Å². The predicted octanol–water partition coefficient (Wildman–Crippen LogP) is 1.96. The highest BCUT2D eigenvalue weighted by atomic mass is 19.1. The Bertz CT molecular complexity index is 760. The Balaban J connectivity index is 1.64. The quantitative estimate of drug-likeness (QED) is 0.845. The van der Waals surface area contributed by atoms with E-state index in [1.807, 2.05) is 0 Å². The average Bonchev–Trinajstić information content (AvgIpc) is 2.61. The Labute approximate surface area is 137 Å². The van der Waals surface area contributed by atoms with Gasteiger partial charge in [0, 0.05) is 50.2 Å². The van der Waals surface area contributed by atoms with Crippen molar-refractivity contribution in [3.8, 4) is 0 Å². The van der Waals surface area contributed by atoms with Crippen LogP contribution in [0.15, 0.2) is 42.7 Å². The number of piperazine rings is 1. The Morgan fingerprint density at radius 2 is 1.46 bits per heavy atom. The molecule has 0 N–H and O–H groups in total. The molecule has 5 nitrogen and oxygen atoms in total. The van der Waals surface area contributed by atoms with Crippen LogP contribution in [0.1, 0.15) is 20.7 Å². The number of pyridine rings is 1. The fourth-order valence-electron chi connectivity index (χ4n) is 2.62. The van der Waals surface area contributed by atoms with Crippen LogP contribution in [0.5, 0.6) is 0 Å². The number of halogens is 2. The maximum atomic E-state index is 13.7. The zero-order chi connectivity index (χ0) is 17.1. The van der Waals surface area contributed by atoms with Crippen molar-refractivity contribution < 1.29 is 18.4 Å². The summed E-state index contributed by atoms with van der Waals surface area (Å²) in [6, 6.07) is 6.15. The number of benzene rings is 1. The lowest BCUT2D eigenvalue weighted by atomic mass is 10.1. The van der Waals surface area contributed by atoms with Gasteiger partial charge in [-0.3, -0.25) is 14.6 Å². The van der Waals surface area contributed by atoms with Crippen LogP contribution in [-0.4, -0.2) is 52.8 Å². The minimum absolute atomic E-state index is 0.127. The SMILES string of the molecule is O=C(c1ccncc1)N1CCN(C(=O)c2ccc(F)cc2F)CC1. The molecule has 0 bridgehead atoms. The summed E-state index contributed by atoms with van der Waals surface area (Å²) in [7, 11) is 0. The lowest BCUT2D eigenvalue weighted by Crippen LogP contribution is -2.50. The molecule has 1 fully saturated rings. The summed E-state index contributed by atoms with van der Waals surface area (Å²) in [6.45, 7) is 1.31. The summed E-state index contributed by atoms with van der Waals surface area (Å²) in [6.07, 6.45) is 3.09. The van der Waals surface area contributed by atoms with E-state index in [1.54, 1.807) is 29.4 Å². The van der Waals surface area contributed by atoms with Crippen molar-refractivity contribution in [3.05, 3.63) is 65.5 Å². The molecule has 24 heavy (non-hydrogen) atoms. The van der Waals surface area contributed by atoms with E-state index in [-0.39, 0.29) is 11.5 Å². The molecule has 1 aliphatic rings. The van der Waals surface area contributed by atoms with Gasteiger partial charge in [-0.1, -0.05) is 0 Å². The highest BCUT2D eigenvalue weighted by molar-refractivity contribution is 5.96. The summed E-state index contributed by atoms with van der Waals surface area (Å²) in [5.41, 5.74) is 0.375. The third-order valence-corrected chi connectivity index (χ3v) is 3.94. The number of hydrogen-bond donors (Lipinski definition) is 0. The minimum atomic E-state index is -0.879. The van der Waals surface area contributed by atoms with E-state index in [1.165, 1.54) is 4.90 Å². The molecular weight excluding hydrogens is 316 g/mol. The first kappa shape index (κ1) is 16.0. The fraction of sp³-hybridized carbons (Fsp3) is 0.235. The zero-order valence-electron chi connectivity index (χ0n) is 12.8. The van der Waals surface area contributed by atoms with E-state index in [4.69, 9.17) is 0 Å². The van der Waals surface area contributed by atoms with Crippen molar-refractivity contribution in [1.82, 2.24) is 14.8 Å². The van der Waals surface area contributed by atoms with Crippen molar-refractivity contribution >= 4 is 11.8 Å². The summed E-state index contributed by atoms with van der Waals surface area (Å²) >= 11 is 0. The smallest absolute Gasteiger partial charge is 0.256 e. The molecular formula is C17H15F2N3O2. The van der Waals surface area contributed by atoms with Gasteiger partial charge in [0.1, 0.15) is 11.6 Å². The van der Waals surface area contributed by atoms with Gasteiger partial charge in [-0.25, -0.2) is 8.78 Å². The predicted molar refractivity (Wildman–Crippen MR) is 82.4 cm³/mol. The normalized spacial score (nSPS) is 14.6. The Morgan fingerprint density at radius 1 is 0.875 bits per heavy atom. The van der Waals surface area contributed by atoms with Crippen molar-refractivity contribution in [2.45, 2.75) is 0 Å². The fourth-order valence-corrected chi connectivity index (χ4v) is 2.62. The van der Waals surface area contributed by atoms with Crippen LogP contribution in [0.25, 0.3) is 0 Å². The largest absolute Gasteiger partial charge is 0.335 e. The zero-order valence-corrected chi connectivity index (χ0v) is 12.8. The molecule has 1 saturated heterocycles. The second kappa shape index (κ2) is 6.74. The van der Waals surface area contributed by atoms with Gasteiger partial charge in [0.2, 0.25) is 0 Å². The number of hydrogen-bond acceptors (Lipinski definition) is 3. The number of aromatic nitrogens is 1. The number of carbonyl (C=O) groups is 2. The third kappa shape index (κ3) is 3.24. The second-order valence-electron chi connectivity index (χ2n) is 5.44. The topological polar surface area (TPSA) is 53.5 Å². The molecule has 0 atom stereocenters. The van der Waals surface area contributed by atoms with Gasteiger partial charge in [0.15, 0.2) is 0 Å². The number of carbonyl (C=O) groups excluding carboxylic acids is 2. The van der Waals surface area contributed by atoms with Crippen molar-refractivity contribution in [3.63, 3.8) is 0 Å². The minimum Gasteiger partial charge on any atom is -0.335 e. The van der Waals surface area contributed by atoms with E-state index in [0.29, 0.717) is 37.8 Å². The monoisotopic (exact) mass is 331 g/mol. The van der Waals surface area contributed by atoms with Crippen LogP contribution in [0.2, 0.25) is 0 Å². The molecule has 2 amide bonds. The van der Waals surface area contributed by atoms with Gasteiger partial charge in [-0.05, 0) is 24.3 Å². The van der Waals surface area contributed by atoms with Crippen molar-refractivity contribution in [2.24, 2.45) is 0 Å². The Morgan fingerprint density at radius 3 is 2.04 bits per heavy atom. The van der Waals surface area contributed by atoms with E-state index in [9.17, 15) is 18.4 Å². The third-order valence-electron chi connectivity index (χ3n) is 3.94. The molecule has 3 rings (SSSR count). The van der Waals surface area contributed by atoms with Crippen LogP contribution >= 0.6 is 0 Å². The molecule has 2 heterocycles. The molecule has 0 radical (unpaired) electrons. The summed E-state index contributed by atoms with van der Waals surface area (Å²) < 4.78 is 26.7. The maximum Gasteiger partial charge on any atom is 0.256 e. The van der Waals surface area contributed by atoms with Crippen LogP contribution in [0, 0.1) is 11.6 Å². The van der Waals surface area contributed by atoms with Gasteiger partial charge in [-0.15, -0.1) is 0 Å². The van der Waals surface area contributed by atoms with Gasteiger partial charge in [0.05, 0.1) is 5.56 Å². The van der Waals surface area contributed by atoms with Crippen LogP contribution in [0.3, 0.4) is 0 Å². The van der Waals surface area contributed by atoms with E-state index in [2.05, 4.69) is 4.98 Å². The molecule has 7 heteroatoms. The highest BCUT2D eigenvalue weighted by Gasteiger charge is 2.26. The Hall–Kier alpha value is -2.83. The first-order chi connectivity index (χ1) is 11.6. The summed E-state index contributed by atoms with van der Waals surface area (Å²) in [5, 5.41) is 0. The molecule has 1 aromatic carbocycles. The molecule has 0 saturated carbocycles. The summed E-state index contributed by atoms with van der Waals surface area (Å²) in [5.74, 6) is -2.23. The molecule has 1 aliphatic heterocycles. The summed E-state index contributed by atoms with van der Waals surface area (Å²) in [4.78, 5) is 31.6. The second-order valence-corrected chi connectivity index (χ2v) is 5.44. The lowest BCUT2D eigenvalue weighted by Gasteiger charge is -2.34. The van der Waals surface area contributed by atoms with Gasteiger partial charge in [0.25, 0.3) is 11.8 Å². The van der Waals surface area contributed by atoms with Gasteiger partial charge < -0.3 is 9.80 Å². The van der Waals surface area contributed by atoms with Crippen LogP contribution in [-0.2, 0) is 0 Å². The molecule has 0 spiro atoms. The van der Waals surface area contributed by atoms with Crippen LogP contribution in [0.4, 0.5) is 8.78 Å². The Kier molecular flexibility index (Phi) is 4.50. The standard InChI is InChI=1S/C17H15F2N3O2/c18-13-1-2-14(15(19)11-13)17(24)22-9-7-21(8-10-22)16(23)12-3-5-20-6-4-12/h1-6,11H,7-10H2. The van der Waals surface area contributed by atoms with Crippen molar-refractivity contribution in [2.75, 3.05) is 26.2 Å². The number of nitrogens with zero attached hydrogens (tertiary/aromatic N) is 3. The first-order valence-corrected chi connectivity index (χ1v) is 7.50. The molecule has 0 unspecified atom stereocenters. The number of rotatable bonds is 2. The van der Waals surface area contributed by atoms with Crippen LogP contribution < -0.4 is 0 Å². The molecule has 0 aliphatic carbocycles. The van der Waals surface area contributed by atoms with E-state index >= 15 is 0 Å². The average molecular weight is 331 g/mol. The van der Waals surface area contributed by atoms with Crippen molar-refractivity contribution in [1.29, 1.82) is 0 Å².